The average Bonchev–Trinajstić information content (AvgIpc) is 3.01. The Morgan fingerprint density at radius 3 is 2.57 bits per heavy atom. The number of rotatable bonds is 2. The van der Waals surface area contributed by atoms with Gasteiger partial charge in [-0.15, -0.1) is 0 Å². The predicted octanol–water partition coefficient (Wildman–Crippen LogP) is 2.37. The second-order valence-corrected chi connectivity index (χ2v) is 7.33. The van der Waals surface area contributed by atoms with Crippen LogP contribution < -0.4 is 4.90 Å². The van der Waals surface area contributed by atoms with Gasteiger partial charge >= 0.3 is 0 Å². The number of piperazine rings is 1. The van der Waals surface area contributed by atoms with E-state index in [9.17, 15) is 10.1 Å². The van der Waals surface area contributed by atoms with E-state index in [2.05, 4.69) is 27.8 Å². The first kappa shape index (κ1) is 15.9. The Morgan fingerprint density at radius 2 is 2.00 bits per heavy atom. The average molecular weight is 328 g/mol. The number of amidine groups is 1. The number of Topliss-reactive ketones (excluding diaryl/α,β-unsaturated/α-hetero) is 1. The molecule has 1 aromatic rings. The topological polar surface area (TPSA) is 59.7 Å². The van der Waals surface area contributed by atoms with Gasteiger partial charge < -0.3 is 9.80 Å². The lowest BCUT2D eigenvalue weighted by Gasteiger charge is -2.37. The zero-order chi connectivity index (χ0) is 16.4. The molecular weight excluding hydrogens is 308 g/mol. The molecule has 0 bridgehead atoms. The van der Waals surface area contributed by atoms with Gasteiger partial charge in [-0.1, -0.05) is 18.7 Å². The smallest absolute Gasteiger partial charge is 0.159 e. The van der Waals surface area contributed by atoms with Crippen LogP contribution in [0.15, 0.2) is 23.2 Å². The molecule has 2 heterocycles. The number of aliphatic imine (C=N–C) groups is 1. The predicted molar refractivity (Wildman–Crippen MR) is 94.3 cm³/mol. The van der Waals surface area contributed by atoms with E-state index in [0.29, 0.717) is 16.4 Å². The van der Waals surface area contributed by atoms with Crippen LogP contribution in [0.3, 0.4) is 0 Å². The molecule has 0 aromatic heterocycles. The van der Waals surface area contributed by atoms with Crippen molar-refractivity contribution in [2.75, 3.05) is 37.6 Å². The first-order valence-corrected chi connectivity index (χ1v) is 8.72. The lowest BCUT2D eigenvalue weighted by molar-refractivity contribution is 0.101. The molecule has 2 aliphatic rings. The second kappa shape index (κ2) is 6.63. The van der Waals surface area contributed by atoms with Crippen molar-refractivity contribution >= 4 is 28.4 Å². The summed E-state index contributed by atoms with van der Waals surface area (Å²) in [6, 6.07) is 7.56. The Morgan fingerprint density at radius 1 is 1.30 bits per heavy atom. The molecule has 3 rings (SSSR count). The normalized spacial score (nSPS) is 21.1. The van der Waals surface area contributed by atoms with Crippen molar-refractivity contribution in [3.8, 4) is 6.07 Å². The van der Waals surface area contributed by atoms with Crippen LogP contribution in [0.5, 0.6) is 0 Å². The number of nitrogens with zero attached hydrogens (tertiary/aromatic N) is 4. The summed E-state index contributed by atoms with van der Waals surface area (Å²) >= 11 is 1.84. The van der Waals surface area contributed by atoms with Gasteiger partial charge in [-0.2, -0.15) is 5.26 Å². The third-order valence-electron chi connectivity index (χ3n) is 4.21. The molecule has 0 radical (unpaired) electrons. The molecule has 0 saturated carbocycles. The minimum Gasteiger partial charge on any atom is -0.367 e. The van der Waals surface area contributed by atoms with Gasteiger partial charge in [-0.3, -0.25) is 9.79 Å². The van der Waals surface area contributed by atoms with Crippen molar-refractivity contribution in [1.82, 2.24) is 4.90 Å². The van der Waals surface area contributed by atoms with E-state index >= 15 is 0 Å². The Balaban J connectivity index is 1.73. The van der Waals surface area contributed by atoms with Gasteiger partial charge in [-0.05, 0) is 25.1 Å². The molecule has 0 spiro atoms. The van der Waals surface area contributed by atoms with Crippen LogP contribution in [-0.2, 0) is 0 Å². The molecule has 5 nitrogen and oxygen atoms in total. The molecule has 6 heteroatoms. The van der Waals surface area contributed by atoms with E-state index in [1.54, 1.807) is 19.1 Å². The van der Waals surface area contributed by atoms with E-state index < -0.39 is 0 Å². The van der Waals surface area contributed by atoms with E-state index in [-0.39, 0.29) is 5.78 Å². The number of hydrogen-bond acceptors (Lipinski definition) is 6. The van der Waals surface area contributed by atoms with Crippen LogP contribution in [0.25, 0.3) is 0 Å². The lowest BCUT2D eigenvalue weighted by atomic mass is 10.1. The van der Waals surface area contributed by atoms with Crippen LogP contribution in [-0.4, -0.2) is 53.8 Å². The summed E-state index contributed by atoms with van der Waals surface area (Å²) in [6.07, 6.45) is 0. The van der Waals surface area contributed by atoms with Gasteiger partial charge in [-0.25, -0.2) is 0 Å². The summed E-state index contributed by atoms with van der Waals surface area (Å²) in [5, 5.41) is 11.1. The molecular formula is C17H20N4OS. The first-order chi connectivity index (χ1) is 11.1. The molecule has 23 heavy (non-hydrogen) atoms. The van der Waals surface area contributed by atoms with Gasteiger partial charge in [0.15, 0.2) is 11.0 Å². The van der Waals surface area contributed by atoms with Crippen molar-refractivity contribution in [2.24, 2.45) is 4.99 Å². The standard InChI is InChI=1S/C17H20N4OS/c1-12-11-19-17(23-12)21-7-5-20(6-8-21)16-9-14(13(2)22)3-4-15(16)10-18/h3-4,9,12H,5-8,11H2,1-2H3. The number of carbonyl (C=O) groups is 1. The molecule has 2 aliphatic heterocycles. The number of ketones is 1. The van der Waals surface area contributed by atoms with Gasteiger partial charge in [0.2, 0.25) is 0 Å². The number of thioether (sulfide) groups is 1. The Hall–Kier alpha value is -2.00. The van der Waals surface area contributed by atoms with Crippen LogP contribution in [0.2, 0.25) is 0 Å². The molecule has 120 valence electrons. The van der Waals surface area contributed by atoms with Gasteiger partial charge in [0.05, 0.1) is 17.8 Å². The molecule has 1 aromatic carbocycles. The highest BCUT2D eigenvalue weighted by atomic mass is 32.2. The van der Waals surface area contributed by atoms with E-state index in [1.807, 2.05) is 17.8 Å². The Labute approximate surface area is 141 Å². The number of nitriles is 1. The molecule has 1 fully saturated rings. The first-order valence-electron chi connectivity index (χ1n) is 7.84. The Kier molecular flexibility index (Phi) is 4.58. The molecule has 0 amide bonds. The second-order valence-electron chi connectivity index (χ2n) is 5.93. The van der Waals surface area contributed by atoms with Gasteiger partial charge in [0, 0.05) is 37.0 Å². The summed E-state index contributed by atoms with van der Waals surface area (Å²) in [5.41, 5.74) is 2.16. The monoisotopic (exact) mass is 328 g/mol. The maximum atomic E-state index is 11.6. The highest BCUT2D eigenvalue weighted by molar-refractivity contribution is 8.14. The summed E-state index contributed by atoms with van der Waals surface area (Å²) in [5.74, 6) is 0.0278. The fourth-order valence-electron chi connectivity index (χ4n) is 2.88. The van der Waals surface area contributed by atoms with Crippen LogP contribution in [0.4, 0.5) is 5.69 Å². The molecule has 0 N–H and O–H groups in total. The fourth-order valence-corrected chi connectivity index (χ4v) is 3.87. The van der Waals surface area contributed by atoms with Gasteiger partial charge in [0.1, 0.15) is 6.07 Å². The van der Waals surface area contributed by atoms with Crippen LogP contribution >= 0.6 is 11.8 Å². The summed E-state index contributed by atoms with van der Waals surface area (Å²) in [7, 11) is 0. The highest BCUT2D eigenvalue weighted by Gasteiger charge is 2.25. The van der Waals surface area contributed by atoms with Crippen LogP contribution in [0.1, 0.15) is 29.8 Å². The van der Waals surface area contributed by atoms with E-state index in [0.717, 1.165) is 43.6 Å². The number of carbonyl (C=O) groups excluding carboxylic acids is 1. The van der Waals surface area contributed by atoms with Gasteiger partial charge in [0.25, 0.3) is 0 Å². The minimum atomic E-state index is 0.0278. The van der Waals surface area contributed by atoms with Crippen molar-refractivity contribution in [1.29, 1.82) is 5.26 Å². The third-order valence-corrected chi connectivity index (χ3v) is 5.36. The highest BCUT2D eigenvalue weighted by Crippen LogP contribution is 2.27. The number of benzene rings is 1. The summed E-state index contributed by atoms with van der Waals surface area (Å²) in [6.45, 7) is 8.12. The zero-order valence-corrected chi connectivity index (χ0v) is 14.3. The third kappa shape index (κ3) is 3.35. The van der Waals surface area contributed by atoms with Crippen molar-refractivity contribution in [3.05, 3.63) is 29.3 Å². The molecule has 1 saturated heterocycles. The van der Waals surface area contributed by atoms with E-state index in [4.69, 9.17) is 0 Å². The lowest BCUT2D eigenvalue weighted by Crippen LogP contribution is -2.48. The SMILES string of the molecule is CC(=O)c1ccc(C#N)c(N2CCN(C3=NCC(C)S3)CC2)c1. The molecule has 0 aliphatic carbocycles. The van der Waals surface area contributed by atoms with Crippen molar-refractivity contribution < 1.29 is 4.79 Å². The Bertz CT molecular complexity index is 686. The quantitative estimate of drug-likeness (QED) is 0.780. The maximum absolute atomic E-state index is 11.6. The maximum Gasteiger partial charge on any atom is 0.159 e. The van der Waals surface area contributed by atoms with E-state index in [1.165, 1.54) is 0 Å². The minimum absolute atomic E-state index is 0.0278. The summed E-state index contributed by atoms with van der Waals surface area (Å²) < 4.78 is 0. The fraction of sp³-hybridized carbons (Fsp3) is 0.471. The van der Waals surface area contributed by atoms with Crippen molar-refractivity contribution in [2.45, 2.75) is 19.1 Å². The number of hydrogen-bond donors (Lipinski definition) is 0. The largest absolute Gasteiger partial charge is 0.367 e. The van der Waals surface area contributed by atoms with Crippen molar-refractivity contribution in [3.63, 3.8) is 0 Å². The molecule has 1 atom stereocenters. The number of anilines is 1. The summed E-state index contributed by atoms with van der Waals surface area (Å²) in [4.78, 5) is 20.7. The zero-order valence-electron chi connectivity index (χ0n) is 13.5. The molecule has 1 unspecified atom stereocenters. The van der Waals surface area contributed by atoms with Crippen LogP contribution in [0, 0.1) is 11.3 Å².